The van der Waals surface area contributed by atoms with Crippen molar-refractivity contribution < 1.29 is 37.3 Å². The molecule has 2 saturated heterocycles. The fourth-order valence-corrected chi connectivity index (χ4v) is 3.76. The molecule has 1 amide bonds. The van der Waals surface area contributed by atoms with Gasteiger partial charge in [-0.1, -0.05) is 36.4 Å². The van der Waals surface area contributed by atoms with E-state index in [9.17, 15) is 18.0 Å². The average Bonchev–Trinajstić information content (AvgIpc) is 3.31. The summed E-state index contributed by atoms with van der Waals surface area (Å²) >= 11 is 0. The summed E-state index contributed by atoms with van der Waals surface area (Å²) in [6.07, 6.45) is -2.91. The molecular weight excluding hydrogens is 429 g/mol. The molecule has 0 radical (unpaired) electrons. The molecule has 2 atom stereocenters. The number of carbonyl (C=O) groups excluding carboxylic acids is 1. The third-order valence-electron chi connectivity index (χ3n) is 5.46. The fourth-order valence-electron chi connectivity index (χ4n) is 3.76. The number of hydrogen-bond donors (Lipinski definition) is 1. The highest BCUT2D eigenvalue weighted by molar-refractivity contribution is 5.79. The number of carboxylic acids is 1. The molecular formula is C22H23F3N2O5. The Morgan fingerprint density at radius 1 is 1.19 bits per heavy atom. The van der Waals surface area contributed by atoms with E-state index in [0.29, 0.717) is 44.6 Å². The van der Waals surface area contributed by atoms with Gasteiger partial charge in [0, 0.05) is 31.3 Å². The Hall–Kier alpha value is -3.14. The highest BCUT2D eigenvalue weighted by atomic mass is 19.4. The van der Waals surface area contributed by atoms with Gasteiger partial charge in [0.2, 0.25) is 11.8 Å². The summed E-state index contributed by atoms with van der Waals surface area (Å²) in [5, 5.41) is 7.12. The molecule has 0 saturated carbocycles. The third kappa shape index (κ3) is 5.97. The Labute approximate surface area is 182 Å². The first kappa shape index (κ1) is 23.5. The molecule has 0 spiro atoms. The van der Waals surface area contributed by atoms with Crippen LogP contribution >= 0.6 is 0 Å². The Morgan fingerprint density at radius 3 is 2.50 bits per heavy atom. The quantitative estimate of drug-likeness (QED) is 0.751. The molecule has 7 nitrogen and oxygen atoms in total. The van der Waals surface area contributed by atoms with Crippen molar-refractivity contribution in [2.45, 2.75) is 12.6 Å². The maximum absolute atomic E-state index is 12.7. The molecule has 0 aliphatic carbocycles. The molecule has 172 valence electrons. The van der Waals surface area contributed by atoms with Gasteiger partial charge in [-0.2, -0.15) is 13.2 Å². The number of aliphatic carboxylic acids is 1. The van der Waals surface area contributed by atoms with Gasteiger partial charge in [-0.25, -0.2) is 9.78 Å². The van der Waals surface area contributed by atoms with Gasteiger partial charge in [0.15, 0.2) is 0 Å². The van der Waals surface area contributed by atoms with Crippen LogP contribution in [0.15, 0.2) is 54.7 Å². The number of aromatic nitrogens is 1. The van der Waals surface area contributed by atoms with Crippen LogP contribution in [0.2, 0.25) is 0 Å². The molecule has 1 N–H and O–H groups in total. The van der Waals surface area contributed by atoms with Crippen LogP contribution in [0.25, 0.3) is 0 Å². The van der Waals surface area contributed by atoms with Gasteiger partial charge in [0.05, 0.1) is 31.7 Å². The van der Waals surface area contributed by atoms with E-state index in [0.717, 1.165) is 12.1 Å². The van der Waals surface area contributed by atoms with Gasteiger partial charge in [-0.15, -0.1) is 0 Å². The summed E-state index contributed by atoms with van der Waals surface area (Å²) in [7, 11) is 0. The van der Waals surface area contributed by atoms with Crippen molar-refractivity contribution in [1.82, 2.24) is 9.88 Å². The van der Waals surface area contributed by atoms with Crippen molar-refractivity contribution in [2.24, 2.45) is 11.3 Å². The lowest BCUT2D eigenvalue weighted by molar-refractivity contribution is -0.192. The first-order valence-electron chi connectivity index (χ1n) is 9.93. The fraction of sp³-hybridized carbons (Fsp3) is 0.409. The van der Waals surface area contributed by atoms with E-state index in [4.69, 9.17) is 19.4 Å². The molecule has 10 heteroatoms. The Balaban J connectivity index is 0.000000360. The number of fused-ring (bicyclic) bond motifs is 1. The number of halogens is 3. The van der Waals surface area contributed by atoms with Crippen molar-refractivity contribution in [2.75, 3.05) is 32.9 Å². The minimum atomic E-state index is -5.08. The van der Waals surface area contributed by atoms with Crippen LogP contribution in [0.5, 0.6) is 5.88 Å². The van der Waals surface area contributed by atoms with Gasteiger partial charge in [0.1, 0.15) is 0 Å². The van der Waals surface area contributed by atoms with E-state index in [2.05, 4.69) is 4.98 Å². The van der Waals surface area contributed by atoms with E-state index in [1.54, 1.807) is 6.20 Å². The second-order valence-electron chi connectivity index (χ2n) is 7.77. The molecule has 2 aliphatic rings. The summed E-state index contributed by atoms with van der Waals surface area (Å²) < 4.78 is 43.4. The number of amides is 1. The number of likely N-dealkylation sites (tertiary alicyclic amines) is 1. The second-order valence-corrected chi connectivity index (χ2v) is 7.77. The molecule has 2 aliphatic heterocycles. The van der Waals surface area contributed by atoms with Crippen LogP contribution in [0.4, 0.5) is 13.2 Å². The maximum Gasteiger partial charge on any atom is 0.490 e. The lowest BCUT2D eigenvalue weighted by Gasteiger charge is -2.26. The number of carbonyl (C=O) groups is 2. The standard InChI is InChI=1S/C20H22N2O3.C2HF3O2/c23-19(10-16-6-2-1-3-7-16)22-11-17-12-24-14-20(17,13-22)15-25-18-8-4-5-9-21-18;3-2(4,5)1(6)7/h1-9,17H,10-15H2;(H,6,7)/t17-,20+;/m1./s1. The SMILES string of the molecule is O=C(Cc1ccccc1)N1C[C@@H]2COC[C@]2(COc2ccccn2)C1.O=C(O)C(F)(F)F. The first-order valence-corrected chi connectivity index (χ1v) is 9.93. The van der Waals surface area contributed by atoms with Gasteiger partial charge >= 0.3 is 12.1 Å². The summed E-state index contributed by atoms with van der Waals surface area (Å²) in [5.41, 5.74) is 0.934. The predicted octanol–water partition coefficient (Wildman–Crippen LogP) is 2.81. The maximum atomic E-state index is 12.7. The van der Waals surface area contributed by atoms with Crippen LogP contribution in [0, 0.1) is 11.3 Å². The molecule has 4 rings (SSSR count). The molecule has 1 aromatic carbocycles. The Morgan fingerprint density at radius 2 is 1.88 bits per heavy atom. The number of hydrogen-bond acceptors (Lipinski definition) is 5. The highest BCUT2D eigenvalue weighted by Crippen LogP contribution is 2.41. The topological polar surface area (TPSA) is 89.0 Å². The van der Waals surface area contributed by atoms with E-state index in [1.165, 1.54) is 0 Å². The zero-order valence-electron chi connectivity index (χ0n) is 17.1. The second kappa shape index (κ2) is 9.99. The van der Waals surface area contributed by atoms with Crippen molar-refractivity contribution in [3.05, 3.63) is 60.3 Å². The number of alkyl halides is 3. The van der Waals surface area contributed by atoms with Gasteiger partial charge in [-0.05, 0) is 11.6 Å². The number of ether oxygens (including phenoxy) is 2. The van der Waals surface area contributed by atoms with Crippen molar-refractivity contribution in [3.63, 3.8) is 0 Å². The van der Waals surface area contributed by atoms with Crippen LogP contribution in [0.3, 0.4) is 0 Å². The predicted molar refractivity (Wildman–Crippen MR) is 107 cm³/mol. The number of carboxylic acid groups (broad SMARTS) is 1. The van der Waals surface area contributed by atoms with E-state index < -0.39 is 12.1 Å². The number of benzene rings is 1. The average molecular weight is 452 g/mol. The minimum Gasteiger partial charge on any atom is -0.477 e. The van der Waals surface area contributed by atoms with Crippen molar-refractivity contribution >= 4 is 11.9 Å². The van der Waals surface area contributed by atoms with Crippen LogP contribution in [0.1, 0.15) is 5.56 Å². The van der Waals surface area contributed by atoms with Crippen molar-refractivity contribution in [1.29, 1.82) is 0 Å². The van der Waals surface area contributed by atoms with Gasteiger partial charge in [-0.3, -0.25) is 4.79 Å². The number of pyridine rings is 1. The Kier molecular flexibility index (Phi) is 7.34. The number of rotatable bonds is 5. The minimum absolute atomic E-state index is 0.121. The van der Waals surface area contributed by atoms with Crippen LogP contribution in [-0.4, -0.2) is 66.0 Å². The molecule has 2 aromatic rings. The monoisotopic (exact) mass is 452 g/mol. The van der Waals surface area contributed by atoms with Crippen LogP contribution in [-0.2, 0) is 20.7 Å². The van der Waals surface area contributed by atoms with Gasteiger partial charge in [0.25, 0.3) is 0 Å². The molecule has 1 aromatic heterocycles. The smallest absolute Gasteiger partial charge is 0.477 e. The summed E-state index contributed by atoms with van der Waals surface area (Å²) in [6, 6.07) is 15.5. The summed E-state index contributed by atoms with van der Waals surface area (Å²) in [6.45, 7) is 3.30. The lowest BCUT2D eigenvalue weighted by Crippen LogP contribution is -2.38. The molecule has 3 heterocycles. The van der Waals surface area contributed by atoms with Crippen LogP contribution < -0.4 is 4.74 Å². The molecule has 2 fully saturated rings. The number of nitrogens with zero attached hydrogens (tertiary/aromatic N) is 2. The molecule has 0 unspecified atom stereocenters. The Bertz CT molecular complexity index is 911. The highest BCUT2D eigenvalue weighted by Gasteiger charge is 2.52. The van der Waals surface area contributed by atoms with Crippen molar-refractivity contribution in [3.8, 4) is 5.88 Å². The van der Waals surface area contributed by atoms with Gasteiger partial charge < -0.3 is 19.5 Å². The van der Waals surface area contributed by atoms with E-state index in [1.807, 2.05) is 53.4 Å². The van der Waals surface area contributed by atoms with E-state index in [-0.39, 0.29) is 11.3 Å². The lowest BCUT2D eigenvalue weighted by atomic mass is 9.82. The van der Waals surface area contributed by atoms with E-state index >= 15 is 0 Å². The largest absolute Gasteiger partial charge is 0.490 e. The normalized spacial score (nSPS) is 22.0. The first-order chi connectivity index (χ1) is 15.2. The third-order valence-corrected chi connectivity index (χ3v) is 5.46. The summed E-state index contributed by atoms with van der Waals surface area (Å²) in [4.78, 5) is 27.8. The zero-order valence-corrected chi connectivity index (χ0v) is 17.1. The molecule has 0 bridgehead atoms. The summed E-state index contributed by atoms with van der Waals surface area (Å²) in [5.74, 6) is -1.63. The molecule has 32 heavy (non-hydrogen) atoms. The zero-order chi connectivity index (χ0) is 23.2.